The van der Waals surface area contributed by atoms with Crippen LogP contribution in [-0.4, -0.2) is 48.8 Å². The summed E-state index contributed by atoms with van der Waals surface area (Å²) in [6.45, 7) is 1.30. The van der Waals surface area contributed by atoms with Crippen molar-refractivity contribution in [1.29, 1.82) is 0 Å². The molecular formula is C9H18F4O4Si. The van der Waals surface area contributed by atoms with Gasteiger partial charge in [-0.1, -0.05) is 6.92 Å². The molecular weight excluding hydrogens is 276 g/mol. The number of hydrogen-bond donors (Lipinski definition) is 0. The second kappa shape index (κ2) is 8.05. The van der Waals surface area contributed by atoms with E-state index in [1.54, 1.807) is 0 Å². The van der Waals surface area contributed by atoms with E-state index in [1.807, 2.05) is 6.92 Å². The lowest BCUT2D eigenvalue weighted by Gasteiger charge is -2.25. The molecule has 0 aromatic carbocycles. The zero-order chi connectivity index (χ0) is 14.2. The molecule has 0 saturated carbocycles. The van der Waals surface area contributed by atoms with E-state index in [2.05, 4.69) is 0 Å². The predicted octanol–water partition coefficient (Wildman–Crippen LogP) is 2.45. The maximum Gasteiger partial charge on any atom is 0.679 e. The molecule has 0 amide bonds. The Kier molecular flexibility index (Phi) is 7.95. The quantitative estimate of drug-likeness (QED) is 0.483. The maximum absolute atomic E-state index is 13.0. The summed E-state index contributed by atoms with van der Waals surface area (Å²) in [5.41, 5.74) is 0. The highest BCUT2D eigenvalue weighted by Crippen LogP contribution is 2.24. The summed E-state index contributed by atoms with van der Waals surface area (Å²) in [7, 11) is -1.03. The Balaban J connectivity index is 4.25. The van der Waals surface area contributed by atoms with E-state index in [-0.39, 0.29) is 6.61 Å². The zero-order valence-electron chi connectivity index (χ0n) is 10.6. The van der Waals surface area contributed by atoms with E-state index in [0.717, 1.165) is 0 Å². The third kappa shape index (κ3) is 7.26. The average Bonchev–Trinajstić information content (AvgIpc) is 2.28. The van der Waals surface area contributed by atoms with Gasteiger partial charge >= 0.3 is 15.2 Å². The molecule has 0 aromatic rings. The summed E-state index contributed by atoms with van der Waals surface area (Å²) in [5, 5.41) is 0. The van der Waals surface area contributed by atoms with Gasteiger partial charge in [-0.2, -0.15) is 13.2 Å². The molecule has 0 aliphatic carbocycles. The first kappa shape index (κ1) is 17.8. The Morgan fingerprint density at radius 1 is 1.11 bits per heavy atom. The molecule has 0 saturated heterocycles. The van der Waals surface area contributed by atoms with Crippen molar-refractivity contribution in [2.75, 3.05) is 27.4 Å². The first-order valence-corrected chi connectivity index (χ1v) is 7.01. The second-order valence-corrected chi connectivity index (χ2v) is 5.88. The minimum Gasteiger partial charge on any atom is -0.355 e. The molecule has 1 unspecified atom stereocenters. The molecule has 0 heterocycles. The third-order valence-corrected chi connectivity index (χ3v) is 3.95. The largest absolute Gasteiger partial charge is 0.679 e. The van der Waals surface area contributed by atoms with Crippen molar-refractivity contribution < 1.29 is 35.3 Å². The van der Waals surface area contributed by atoms with E-state index < -0.39 is 34.4 Å². The highest BCUT2D eigenvalue weighted by Gasteiger charge is 2.44. The Morgan fingerprint density at radius 2 is 1.67 bits per heavy atom. The van der Waals surface area contributed by atoms with Gasteiger partial charge in [0.2, 0.25) is 0 Å². The van der Waals surface area contributed by atoms with Gasteiger partial charge in [0.1, 0.15) is 6.17 Å². The molecule has 0 radical (unpaired) electrons. The standard InChI is InChI=1S/C9H18F4O4Si/c1-4-5-16-18(14-2,15-3)17-7-8(10)6-9(11,12)13/h8H,4-7H2,1-3H3. The number of alkyl halides is 4. The van der Waals surface area contributed by atoms with Crippen molar-refractivity contribution in [3.63, 3.8) is 0 Å². The Morgan fingerprint density at radius 3 is 2.06 bits per heavy atom. The maximum atomic E-state index is 13.0. The van der Waals surface area contributed by atoms with Gasteiger partial charge in [0.05, 0.1) is 13.0 Å². The number of rotatable bonds is 9. The normalized spacial score (nSPS) is 14.8. The molecule has 0 aliphatic rings. The molecule has 0 aromatic heterocycles. The molecule has 110 valence electrons. The summed E-state index contributed by atoms with van der Waals surface area (Å²) < 4.78 is 68.7. The van der Waals surface area contributed by atoms with E-state index in [1.165, 1.54) is 14.2 Å². The van der Waals surface area contributed by atoms with Gasteiger partial charge in [0.25, 0.3) is 0 Å². The van der Waals surface area contributed by atoms with Gasteiger partial charge in [-0.3, -0.25) is 0 Å². The zero-order valence-corrected chi connectivity index (χ0v) is 11.6. The molecule has 0 rings (SSSR count). The van der Waals surface area contributed by atoms with E-state index >= 15 is 0 Å². The van der Waals surface area contributed by atoms with Gasteiger partial charge in [-0.05, 0) is 6.42 Å². The lowest BCUT2D eigenvalue weighted by atomic mass is 10.3. The fourth-order valence-corrected chi connectivity index (χ4v) is 2.65. The Labute approximate surface area is 105 Å². The smallest absolute Gasteiger partial charge is 0.355 e. The topological polar surface area (TPSA) is 36.9 Å². The van der Waals surface area contributed by atoms with Crippen molar-refractivity contribution in [2.45, 2.75) is 32.1 Å². The van der Waals surface area contributed by atoms with Crippen LogP contribution in [0.5, 0.6) is 0 Å². The lowest BCUT2D eigenvalue weighted by molar-refractivity contribution is -0.151. The van der Waals surface area contributed by atoms with Gasteiger partial charge in [-0.25, -0.2) is 4.39 Å². The number of halogens is 4. The highest BCUT2D eigenvalue weighted by molar-refractivity contribution is 6.53. The van der Waals surface area contributed by atoms with Crippen LogP contribution in [0, 0.1) is 0 Å². The second-order valence-electron chi connectivity index (χ2n) is 3.48. The summed E-state index contributed by atoms with van der Waals surface area (Å²) in [5.74, 6) is 0. The van der Waals surface area contributed by atoms with E-state index in [9.17, 15) is 17.6 Å². The van der Waals surface area contributed by atoms with Crippen molar-refractivity contribution >= 4 is 9.05 Å². The molecule has 18 heavy (non-hydrogen) atoms. The summed E-state index contributed by atoms with van der Waals surface area (Å²) in [4.78, 5) is 0. The SMILES string of the molecule is CCCO[Si](OC)(OC)OCC(F)CC(F)(F)F. The fraction of sp³-hybridized carbons (Fsp3) is 1.00. The summed E-state index contributed by atoms with van der Waals surface area (Å²) >= 11 is 0. The van der Waals surface area contributed by atoms with Crippen molar-refractivity contribution in [3.8, 4) is 0 Å². The molecule has 0 aliphatic heterocycles. The molecule has 1 atom stereocenters. The van der Waals surface area contributed by atoms with Crippen LogP contribution in [0.2, 0.25) is 0 Å². The first-order valence-electron chi connectivity index (χ1n) is 5.37. The van der Waals surface area contributed by atoms with Crippen LogP contribution in [0.3, 0.4) is 0 Å². The monoisotopic (exact) mass is 294 g/mol. The van der Waals surface area contributed by atoms with E-state index in [0.29, 0.717) is 6.42 Å². The molecule has 0 N–H and O–H groups in total. The third-order valence-electron chi connectivity index (χ3n) is 1.88. The van der Waals surface area contributed by atoms with Gasteiger partial charge in [-0.15, -0.1) is 0 Å². The van der Waals surface area contributed by atoms with Gasteiger partial charge < -0.3 is 17.7 Å². The van der Waals surface area contributed by atoms with Crippen molar-refractivity contribution in [2.24, 2.45) is 0 Å². The van der Waals surface area contributed by atoms with Crippen LogP contribution >= 0.6 is 0 Å². The van der Waals surface area contributed by atoms with Crippen molar-refractivity contribution in [3.05, 3.63) is 0 Å². The van der Waals surface area contributed by atoms with E-state index in [4.69, 9.17) is 17.7 Å². The Bertz CT molecular complexity index is 223. The first-order chi connectivity index (χ1) is 8.28. The molecule has 0 spiro atoms. The molecule has 9 heteroatoms. The average molecular weight is 294 g/mol. The number of hydrogen-bond acceptors (Lipinski definition) is 4. The summed E-state index contributed by atoms with van der Waals surface area (Å²) in [6, 6.07) is 0. The fourth-order valence-electron chi connectivity index (χ4n) is 1.09. The highest BCUT2D eigenvalue weighted by atomic mass is 28.4. The van der Waals surface area contributed by atoms with Crippen LogP contribution in [0.4, 0.5) is 17.6 Å². The lowest BCUT2D eigenvalue weighted by Crippen LogP contribution is -2.49. The van der Waals surface area contributed by atoms with Gasteiger partial charge in [0.15, 0.2) is 0 Å². The molecule has 4 nitrogen and oxygen atoms in total. The predicted molar refractivity (Wildman–Crippen MR) is 57.5 cm³/mol. The van der Waals surface area contributed by atoms with Crippen molar-refractivity contribution in [1.82, 2.24) is 0 Å². The van der Waals surface area contributed by atoms with Crippen LogP contribution < -0.4 is 0 Å². The van der Waals surface area contributed by atoms with Crippen LogP contribution in [0.1, 0.15) is 19.8 Å². The van der Waals surface area contributed by atoms with Crippen LogP contribution in [-0.2, 0) is 17.7 Å². The van der Waals surface area contributed by atoms with Crippen LogP contribution in [0.15, 0.2) is 0 Å². The molecule has 0 bridgehead atoms. The Hall–Kier alpha value is -0.223. The minimum atomic E-state index is -4.57. The van der Waals surface area contributed by atoms with Crippen LogP contribution in [0.25, 0.3) is 0 Å². The minimum absolute atomic E-state index is 0.254. The summed E-state index contributed by atoms with van der Waals surface area (Å²) in [6.07, 6.45) is -7.67. The van der Waals surface area contributed by atoms with Gasteiger partial charge in [0, 0.05) is 20.8 Å². The molecule has 0 fully saturated rings.